The van der Waals surface area contributed by atoms with Gasteiger partial charge in [0.15, 0.2) is 5.82 Å². The number of carbonyl (C=O) groups is 1. The van der Waals surface area contributed by atoms with Gasteiger partial charge in [0.25, 0.3) is 17.4 Å². The molecule has 1 aromatic carbocycles. The summed E-state index contributed by atoms with van der Waals surface area (Å²) in [5, 5.41) is 16.7. The molecule has 13 heteroatoms. The number of H-pyrrole nitrogens is 1. The van der Waals surface area contributed by atoms with Gasteiger partial charge in [0.2, 0.25) is 0 Å². The lowest BCUT2D eigenvalue weighted by Gasteiger charge is -2.22. The van der Waals surface area contributed by atoms with Crippen LogP contribution in [0.25, 0.3) is 11.3 Å². The van der Waals surface area contributed by atoms with Gasteiger partial charge in [-0.2, -0.15) is 10.2 Å². The fraction of sp³-hybridized carbons (Fsp3) is 0.333. The molecule has 0 saturated carbocycles. The quantitative estimate of drug-likeness (QED) is 0.312. The molecule has 2 aliphatic rings. The van der Waals surface area contributed by atoms with Gasteiger partial charge >= 0.3 is 0 Å². The van der Waals surface area contributed by atoms with Gasteiger partial charge < -0.3 is 10.6 Å². The van der Waals surface area contributed by atoms with Crippen LogP contribution in [0.3, 0.4) is 0 Å². The van der Waals surface area contributed by atoms with Gasteiger partial charge in [-0.3, -0.25) is 19.2 Å². The standard InChI is InChI=1S/C27H26F3N7O2S/c1-14-16(19-12-20(25(38)34-33-19)31-23-10-15-13-36(2)8-9-37(15)35-23)5-6-18(28)24(14)32-26(39)22-11-17-21(40-22)4-3-7-27(17,29)30/h5-6,10-12H,3-4,7-9,13H2,1-2H3,(H,32,39)(H,34,38)(H,31,33,35). The van der Waals surface area contributed by atoms with Crippen molar-refractivity contribution in [2.45, 2.75) is 45.2 Å². The highest BCUT2D eigenvalue weighted by Gasteiger charge is 2.38. The van der Waals surface area contributed by atoms with E-state index in [1.165, 1.54) is 24.3 Å². The van der Waals surface area contributed by atoms with E-state index in [1.807, 2.05) is 17.8 Å². The van der Waals surface area contributed by atoms with Crippen LogP contribution in [0, 0.1) is 12.7 Å². The second kappa shape index (κ2) is 9.89. The van der Waals surface area contributed by atoms with Gasteiger partial charge in [0, 0.05) is 41.6 Å². The van der Waals surface area contributed by atoms with Crippen molar-refractivity contribution in [2.24, 2.45) is 0 Å². The van der Waals surface area contributed by atoms with Crippen molar-refractivity contribution in [1.29, 1.82) is 0 Å². The Balaban J connectivity index is 1.28. The van der Waals surface area contributed by atoms with E-state index in [1.54, 1.807) is 6.92 Å². The van der Waals surface area contributed by atoms with E-state index in [-0.39, 0.29) is 28.2 Å². The van der Waals surface area contributed by atoms with Gasteiger partial charge in [-0.05, 0) is 56.6 Å². The third-order valence-electron chi connectivity index (χ3n) is 7.31. The number of halogens is 3. The second-order valence-electron chi connectivity index (χ2n) is 10.2. The number of nitrogens with one attached hydrogen (secondary N) is 3. The molecular formula is C27H26F3N7O2S. The van der Waals surface area contributed by atoms with Crippen molar-refractivity contribution in [3.63, 3.8) is 0 Å². The maximum absolute atomic E-state index is 14.9. The van der Waals surface area contributed by atoms with Gasteiger partial charge in [-0.1, -0.05) is 0 Å². The summed E-state index contributed by atoms with van der Waals surface area (Å²) in [5.74, 6) is -3.81. The summed E-state index contributed by atoms with van der Waals surface area (Å²) in [6.45, 7) is 3.97. The van der Waals surface area contributed by atoms with Crippen molar-refractivity contribution in [1.82, 2.24) is 24.9 Å². The highest BCUT2D eigenvalue weighted by molar-refractivity contribution is 7.14. The molecule has 9 nitrogen and oxygen atoms in total. The summed E-state index contributed by atoms with van der Waals surface area (Å²) in [7, 11) is 2.03. The number of aromatic nitrogens is 4. The van der Waals surface area contributed by atoms with E-state index in [4.69, 9.17) is 0 Å². The molecule has 4 aromatic rings. The molecule has 4 heterocycles. The Morgan fingerprint density at radius 3 is 2.83 bits per heavy atom. The average Bonchev–Trinajstić information content (AvgIpc) is 3.52. The number of benzene rings is 1. The summed E-state index contributed by atoms with van der Waals surface area (Å²) < 4.78 is 45.4. The minimum atomic E-state index is -2.97. The number of amides is 1. The monoisotopic (exact) mass is 569 g/mol. The largest absolute Gasteiger partial charge is 0.334 e. The van der Waals surface area contributed by atoms with Crippen molar-refractivity contribution < 1.29 is 18.0 Å². The fourth-order valence-corrected chi connectivity index (χ4v) is 6.31. The van der Waals surface area contributed by atoms with Crippen LogP contribution in [0.15, 0.2) is 35.1 Å². The molecule has 0 fully saturated rings. The van der Waals surface area contributed by atoms with Crippen molar-refractivity contribution >= 4 is 34.4 Å². The summed E-state index contributed by atoms with van der Waals surface area (Å²) >= 11 is 1.01. The smallest absolute Gasteiger partial charge is 0.287 e. The number of thiophene rings is 1. The van der Waals surface area contributed by atoms with Gasteiger partial charge in [0.05, 0.1) is 28.5 Å². The summed E-state index contributed by atoms with van der Waals surface area (Å²) in [4.78, 5) is 28.3. The number of rotatable bonds is 5. The first-order valence-electron chi connectivity index (χ1n) is 12.8. The van der Waals surface area contributed by atoms with E-state index in [2.05, 4.69) is 30.8 Å². The first-order chi connectivity index (χ1) is 19.1. The molecular weight excluding hydrogens is 543 g/mol. The number of fused-ring (bicyclic) bond motifs is 2. The molecule has 0 saturated heterocycles. The number of aryl methyl sites for hydroxylation is 1. The number of nitrogens with zero attached hydrogens (tertiary/aromatic N) is 4. The number of hydrogen-bond acceptors (Lipinski definition) is 7. The lowest BCUT2D eigenvalue weighted by Crippen LogP contribution is -2.30. The maximum atomic E-state index is 14.9. The SMILES string of the molecule is Cc1c(-c2cc(Nc3cc4n(n3)CCN(C)C4)c(=O)[nH]n2)ccc(F)c1NC(=O)c1cc2c(s1)CCCC2(F)F. The molecule has 6 rings (SSSR count). The van der Waals surface area contributed by atoms with Crippen LogP contribution < -0.4 is 16.2 Å². The zero-order valence-corrected chi connectivity index (χ0v) is 22.6. The molecule has 0 bridgehead atoms. The second-order valence-corrected chi connectivity index (χ2v) is 11.3. The summed E-state index contributed by atoms with van der Waals surface area (Å²) in [6.07, 6.45) is 0.580. The van der Waals surface area contributed by atoms with Crippen molar-refractivity contribution in [3.05, 3.63) is 73.1 Å². The molecule has 3 aromatic heterocycles. The molecule has 208 valence electrons. The van der Waals surface area contributed by atoms with Crippen LogP contribution in [-0.4, -0.2) is 44.4 Å². The first-order valence-corrected chi connectivity index (χ1v) is 13.6. The fourth-order valence-electron chi connectivity index (χ4n) is 5.16. The van der Waals surface area contributed by atoms with Gasteiger partial charge in [0.1, 0.15) is 11.5 Å². The molecule has 1 aliphatic carbocycles. The number of aromatic amines is 1. The molecule has 1 aliphatic heterocycles. The van der Waals surface area contributed by atoms with Crippen LogP contribution >= 0.6 is 11.3 Å². The lowest BCUT2D eigenvalue weighted by atomic mass is 9.95. The summed E-state index contributed by atoms with van der Waals surface area (Å²) in [6, 6.07) is 7.30. The van der Waals surface area contributed by atoms with Gasteiger partial charge in [-0.15, -0.1) is 11.3 Å². The van der Waals surface area contributed by atoms with E-state index in [0.717, 1.165) is 36.7 Å². The molecule has 0 atom stereocenters. The molecule has 0 radical (unpaired) electrons. The molecule has 40 heavy (non-hydrogen) atoms. The zero-order chi connectivity index (χ0) is 28.2. The van der Waals surface area contributed by atoms with Crippen LogP contribution in [0.4, 0.5) is 30.4 Å². The first kappa shape index (κ1) is 26.3. The molecule has 3 N–H and O–H groups in total. The Kier molecular flexibility index (Phi) is 6.50. The molecule has 1 amide bonds. The normalized spacial score (nSPS) is 16.3. The van der Waals surface area contributed by atoms with E-state index in [0.29, 0.717) is 40.4 Å². The Bertz CT molecular complexity index is 1690. The predicted octanol–water partition coefficient (Wildman–Crippen LogP) is 5.01. The van der Waals surface area contributed by atoms with Crippen LogP contribution in [-0.2, 0) is 25.4 Å². The number of alkyl halides is 2. The van der Waals surface area contributed by atoms with Gasteiger partial charge in [-0.25, -0.2) is 18.3 Å². The molecule has 0 unspecified atom stereocenters. The highest BCUT2D eigenvalue weighted by Crippen LogP contribution is 2.44. The average molecular weight is 570 g/mol. The lowest BCUT2D eigenvalue weighted by molar-refractivity contribution is -0.0208. The van der Waals surface area contributed by atoms with Crippen LogP contribution in [0.1, 0.15) is 44.2 Å². The maximum Gasteiger partial charge on any atom is 0.287 e. The minimum absolute atomic E-state index is 0.0889. The summed E-state index contributed by atoms with van der Waals surface area (Å²) in [5.41, 5.74) is 1.73. The van der Waals surface area contributed by atoms with E-state index in [9.17, 15) is 22.8 Å². The zero-order valence-electron chi connectivity index (χ0n) is 21.8. The third kappa shape index (κ3) is 4.79. The Labute approximate surface area is 231 Å². The number of anilines is 3. The van der Waals surface area contributed by atoms with E-state index < -0.39 is 23.2 Å². The molecule has 0 spiro atoms. The minimum Gasteiger partial charge on any atom is -0.334 e. The topological polar surface area (TPSA) is 108 Å². The highest BCUT2D eigenvalue weighted by atomic mass is 32.1. The Morgan fingerprint density at radius 1 is 1.20 bits per heavy atom. The van der Waals surface area contributed by atoms with Crippen LogP contribution in [0.5, 0.6) is 0 Å². The number of likely N-dealkylation sites (N-methyl/N-ethyl adjacent to an activating group) is 1. The van der Waals surface area contributed by atoms with Crippen molar-refractivity contribution in [3.8, 4) is 11.3 Å². The van der Waals surface area contributed by atoms with Crippen LogP contribution in [0.2, 0.25) is 0 Å². The van der Waals surface area contributed by atoms with E-state index >= 15 is 0 Å². The number of carbonyl (C=O) groups excluding carboxylic acids is 1. The Hall–Kier alpha value is -3.97. The predicted molar refractivity (Wildman–Crippen MR) is 146 cm³/mol. The Morgan fingerprint density at radius 2 is 2.02 bits per heavy atom. The third-order valence-corrected chi connectivity index (χ3v) is 8.50. The number of hydrogen-bond donors (Lipinski definition) is 3. The van der Waals surface area contributed by atoms with Crippen molar-refractivity contribution in [2.75, 3.05) is 24.2 Å².